The van der Waals surface area contributed by atoms with Gasteiger partial charge in [-0.25, -0.2) is 4.39 Å². The Kier molecular flexibility index (Phi) is 4.97. The normalized spacial score (nSPS) is 9.56. The molecule has 2 rings (SSSR count). The predicted octanol–water partition coefficient (Wildman–Crippen LogP) is 5.54. The molecule has 0 saturated heterocycles. The van der Waals surface area contributed by atoms with Crippen molar-refractivity contribution in [3.05, 3.63) is 46.0 Å². The first-order chi connectivity index (χ1) is 7.70. The second-order valence-corrected chi connectivity index (χ2v) is 4.36. The van der Waals surface area contributed by atoms with Gasteiger partial charge >= 0.3 is 0 Å². The summed E-state index contributed by atoms with van der Waals surface area (Å²) in [7, 11) is 0. The molecule has 0 nitrogen and oxygen atoms in total. The van der Waals surface area contributed by atoms with Crippen LogP contribution < -0.4 is 0 Å². The zero-order chi connectivity index (χ0) is 12.1. The number of thiophene rings is 1. The molecule has 2 aromatic rings. The molecule has 0 aliphatic heterocycles. The van der Waals surface area contributed by atoms with E-state index in [9.17, 15) is 4.39 Å². The van der Waals surface area contributed by atoms with Crippen LogP contribution in [-0.2, 0) is 0 Å². The monoisotopic (exact) mass is 256 g/mol. The van der Waals surface area contributed by atoms with E-state index in [1.54, 1.807) is 25.1 Å². The van der Waals surface area contributed by atoms with E-state index < -0.39 is 0 Å². The predicted molar refractivity (Wildman–Crippen MR) is 70.8 cm³/mol. The maximum Gasteiger partial charge on any atom is 0.134 e. The van der Waals surface area contributed by atoms with E-state index in [2.05, 4.69) is 0 Å². The second kappa shape index (κ2) is 6.02. The summed E-state index contributed by atoms with van der Waals surface area (Å²) in [6.45, 7) is 5.75. The van der Waals surface area contributed by atoms with Crippen LogP contribution in [-0.4, -0.2) is 0 Å². The molecule has 0 spiro atoms. The van der Waals surface area contributed by atoms with Crippen molar-refractivity contribution in [1.29, 1.82) is 0 Å². The molecule has 0 radical (unpaired) electrons. The number of halogens is 2. The highest BCUT2D eigenvalue weighted by molar-refractivity contribution is 7.14. The minimum atomic E-state index is -0.183. The quantitative estimate of drug-likeness (QED) is 0.628. The summed E-state index contributed by atoms with van der Waals surface area (Å²) in [6, 6.07) is 7.12. The maximum atomic E-state index is 13.7. The number of hydrogen-bond donors (Lipinski definition) is 0. The van der Waals surface area contributed by atoms with Crippen LogP contribution >= 0.6 is 22.9 Å². The smallest absolute Gasteiger partial charge is 0.134 e. The lowest BCUT2D eigenvalue weighted by Gasteiger charge is -2.03. The molecule has 0 fully saturated rings. The minimum Gasteiger partial charge on any atom is -0.206 e. The van der Waals surface area contributed by atoms with E-state index in [1.807, 2.05) is 25.3 Å². The van der Waals surface area contributed by atoms with E-state index in [0.717, 1.165) is 4.88 Å². The molecule has 16 heavy (non-hydrogen) atoms. The third kappa shape index (κ3) is 2.63. The van der Waals surface area contributed by atoms with Gasteiger partial charge in [-0.05, 0) is 23.9 Å². The highest BCUT2D eigenvalue weighted by Crippen LogP contribution is 2.35. The summed E-state index contributed by atoms with van der Waals surface area (Å²) < 4.78 is 13.7. The number of hydrogen-bond acceptors (Lipinski definition) is 1. The number of rotatable bonds is 1. The standard InChI is InChI=1S/C11H8ClFS.C2H6/c1-7-3-2-4-8(10(7)13)11-9(12)5-6-14-11;1-2/h2-6H,1H3;1-2H3. The minimum absolute atomic E-state index is 0.183. The first kappa shape index (κ1) is 13.2. The van der Waals surface area contributed by atoms with Gasteiger partial charge < -0.3 is 0 Å². The lowest BCUT2D eigenvalue weighted by molar-refractivity contribution is 0.622. The third-order valence-corrected chi connectivity index (χ3v) is 3.43. The van der Waals surface area contributed by atoms with Gasteiger partial charge in [0.2, 0.25) is 0 Å². The van der Waals surface area contributed by atoms with Gasteiger partial charge in [0.25, 0.3) is 0 Å². The van der Waals surface area contributed by atoms with Gasteiger partial charge in [0, 0.05) is 5.56 Å². The highest BCUT2D eigenvalue weighted by atomic mass is 35.5. The zero-order valence-corrected chi connectivity index (χ0v) is 11.1. The molecule has 0 bridgehead atoms. The van der Waals surface area contributed by atoms with Crippen LogP contribution in [0.25, 0.3) is 10.4 Å². The van der Waals surface area contributed by atoms with Crippen molar-refractivity contribution >= 4 is 22.9 Å². The van der Waals surface area contributed by atoms with E-state index in [-0.39, 0.29) is 5.82 Å². The van der Waals surface area contributed by atoms with Crippen LogP contribution in [0.3, 0.4) is 0 Å². The maximum absolute atomic E-state index is 13.7. The van der Waals surface area contributed by atoms with Crippen LogP contribution in [0.15, 0.2) is 29.6 Å². The van der Waals surface area contributed by atoms with Gasteiger partial charge in [-0.2, -0.15) is 0 Å². The Hall–Kier alpha value is -0.860. The Morgan fingerprint density at radius 3 is 2.44 bits per heavy atom. The van der Waals surface area contributed by atoms with Gasteiger partial charge in [0.05, 0.1) is 9.90 Å². The van der Waals surface area contributed by atoms with Crippen molar-refractivity contribution in [3.8, 4) is 10.4 Å². The highest BCUT2D eigenvalue weighted by Gasteiger charge is 2.11. The summed E-state index contributed by atoms with van der Waals surface area (Å²) in [6.07, 6.45) is 0. The Labute approximate surface area is 105 Å². The summed E-state index contributed by atoms with van der Waals surface area (Å²) >= 11 is 7.40. The van der Waals surface area contributed by atoms with Gasteiger partial charge in [-0.15, -0.1) is 11.3 Å². The molecule has 0 aliphatic rings. The Balaban J connectivity index is 0.000000606. The van der Waals surface area contributed by atoms with Crippen LogP contribution in [0.1, 0.15) is 19.4 Å². The largest absolute Gasteiger partial charge is 0.206 e. The van der Waals surface area contributed by atoms with E-state index in [0.29, 0.717) is 16.1 Å². The molecule has 86 valence electrons. The fraction of sp³-hybridized carbons (Fsp3) is 0.231. The molecule has 0 saturated carbocycles. The van der Waals surface area contributed by atoms with Crippen molar-refractivity contribution in [2.45, 2.75) is 20.8 Å². The average molecular weight is 257 g/mol. The van der Waals surface area contributed by atoms with Gasteiger partial charge in [0.15, 0.2) is 0 Å². The zero-order valence-electron chi connectivity index (χ0n) is 9.55. The summed E-state index contributed by atoms with van der Waals surface area (Å²) in [4.78, 5) is 0.799. The first-order valence-corrected chi connectivity index (χ1v) is 6.44. The van der Waals surface area contributed by atoms with Crippen molar-refractivity contribution in [1.82, 2.24) is 0 Å². The molecule has 1 heterocycles. The SMILES string of the molecule is CC.Cc1cccc(-c2sccc2Cl)c1F. The fourth-order valence-electron chi connectivity index (χ4n) is 1.31. The van der Waals surface area contributed by atoms with Gasteiger partial charge in [-0.3, -0.25) is 0 Å². The lowest BCUT2D eigenvalue weighted by atomic mass is 10.1. The van der Waals surface area contributed by atoms with Crippen LogP contribution in [0, 0.1) is 12.7 Å². The van der Waals surface area contributed by atoms with Crippen LogP contribution in [0.2, 0.25) is 5.02 Å². The molecule has 1 aromatic carbocycles. The van der Waals surface area contributed by atoms with Crippen LogP contribution in [0.5, 0.6) is 0 Å². The van der Waals surface area contributed by atoms with Gasteiger partial charge in [-0.1, -0.05) is 43.6 Å². The van der Waals surface area contributed by atoms with E-state index >= 15 is 0 Å². The van der Waals surface area contributed by atoms with E-state index in [4.69, 9.17) is 11.6 Å². The average Bonchev–Trinajstić information content (AvgIpc) is 2.72. The topological polar surface area (TPSA) is 0 Å². The van der Waals surface area contributed by atoms with Gasteiger partial charge in [0.1, 0.15) is 5.82 Å². The molecular weight excluding hydrogens is 243 g/mol. The fourth-order valence-corrected chi connectivity index (χ4v) is 2.49. The van der Waals surface area contributed by atoms with E-state index in [1.165, 1.54) is 11.3 Å². The Morgan fingerprint density at radius 1 is 1.19 bits per heavy atom. The summed E-state index contributed by atoms with van der Waals surface area (Å²) in [5.41, 5.74) is 1.23. The number of benzene rings is 1. The Bertz CT molecular complexity index is 463. The summed E-state index contributed by atoms with van der Waals surface area (Å²) in [5, 5.41) is 2.47. The first-order valence-electron chi connectivity index (χ1n) is 5.18. The molecule has 1 aromatic heterocycles. The third-order valence-electron chi connectivity index (χ3n) is 2.05. The molecule has 3 heteroatoms. The van der Waals surface area contributed by atoms with Crippen LogP contribution in [0.4, 0.5) is 4.39 Å². The van der Waals surface area contributed by atoms with Crippen molar-refractivity contribution < 1.29 is 4.39 Å². The molecule has 0 atom stereocenters. The molecular formula is C13H14ClFS. The van der Waals surface area contributed by atoms with Crippen molar-refractivity contribution in [3.63, 3.8) is 0 Å². The molecule has 0 N–H and O–H groups in total. The summed E-state index contributed by atoms with van der Waals surface area (Å²) in [5.74, 6) is -0.183. The molecule has 0 unspecified atom stereocenters. The Morgan fingerprint density at radius 2 is 1.88 bits per heavy atom. The number of aryl methyl sites for hydroxylation is 1. The molecule has 0 aliphatic carbocycles. The molecule has 0 amide bonds. The van der Waals surface area contributed by atoms with Crippen molar-refractivity contribution in [2.24, 2.45) is 0 Å². The lowest BCUT2D eigenvalue weighted by Crippen LogP contribution is -1.85. The van der Waals surface area contributed by atoms with Crippen molar-refractivity contribution in [2.75, 3.05) is 0 Å². The second-order valence-electron chi connectivity index (χ2n) is 3.03.